The predicted molar refractivity (Wildman–Crippen MR) is 156 cm³/mol. The second kappa shape index (κ2) is 11.8. The molecule has 0 unspecified atom stereocenters. The number of pyridine rings is 2. The number of fused-ring (bicyclic) bond motifs is 1. The Hall–Kier alpha value is -4.16. The van der Waals surface area contributed by atoms with Crippen molar-refractivity contribution in [1.82, 2.24) is 24.8 Å². The standard InChI is InChI=1S/C29H33F2N9O/c1-38(2)20-7-9-39(10-8-20)21-4-6-26(32-17-21)36-27-16-22-25(18-33-27)35-29(34-19-3-5-23(30)24(31)15-19)37-28(22)40-11-13-41-14-12-40/h3-6,15-18,20H,7-14H2,1-2H3,(H,32,33,36)(H,34,35,37). The van der Waals surface area contributed by atoms with Gasteiger partial charge in [-0.15, -0.1) is 0 Å². The van der Waals surface area contributed by atoms with Gasteiger partial charge in [0, 0.05) is 49.4 Å². The summed E-state index contributed by atoms with van der Waals surface area (Å²) in [5, 5.41) is 7.10. The van der Waals surface area contributed by atoms with E-state index in [1.165, 1.54) is 6.07 Å². The number of rotatable bonds is 7. The van der Waals surface area contributed by atoms with Gasteiger partial charge in [0.25, 0.3) is 0 Å². The molecule has 0 amide bonds. The Balaban J connectivity index is 1.23. The third kappa shape index (κ3) is 6.13. The first-order chi connectivity index (χ1) is 19.9. The van der Waals surface area contributed by atoms with Crippen molar-refractivity contribution in [2.75, 3.05) is 73.9 Å². The zero-order valence-electron chi connectivity index (χ0n) is 23.1. The van der Waals surface area contributed by atoms with Crippen molar-refractivity contribution >= 4 is 45.7 Å². The van der Waals surface area contributed by atoms with Crippen LogP contribution in [0.25, 0.3) is 10.9 Å². The van der Waals surface area contributed by atoms with E-state index in [1.807, 2.05) is 18.3 Å². The monoisotopic (exact) mass is 561 g/mol. The Morgan fingerprint density at radius 1 is 0.829 bits per heavy atom. The fourth-order valence-electron chi connectivity index (χ4n) is 5.28. The highest BCUT2D eigenvalue weighted by Crippen LogP contribution is 2.30. The van der Waals surface area contributed by atoms with Gasteiger partial charge in [-0.1, -0.05) is 0 Å². The van der Waals surface area contributed by atoms with Gasteiger partial charge in [-0.3, -0.25) is 0 Å². The van der Waals surface area contributed by atoms with Gasteiger partial charge < -0.3 is 30.1 Å². The molecule has 0 bridgehead atoms. The van der Waals surface area contributed by atoms with Gasteiger partial charge >= 0.3 is 0 Å². The molecule has 0 aliphatic carbocycles. The van der Waals surface area contributed by atoms with Gasteiger partial charge in [-0.2, -0.15) is 4.98 Å². The van der Waals surface area contributed by atoms with E-state index in [9.17, 15) is 8.78 Å². The van der Waals surface area contributed by atoms with Gasteiger partial charge in [0.15, 0.2) is 11.6 Å². The van der Waals surface area contributed by atoms with E-state index in [0.717, 1.165) is 49.1 Å². The molecule has 12 heteroatoms. The molecule has 2 fully saturated rings. The van der Waals surface area contributed by atoms with E-state index in [4.69, 9.17) is 9.72 Å². The lowest BCUT2D eigenvalue weighted by Crippen LogP contribution is -2.42. The van der Waals surface area contributed by atoms with Crippen LogP contribution in [-0.2, 0) is 4.74 Å². The van der Waals surface area contributed by atoms with Crippen LogP contribution in [0.2, 0.25) is 0 Å². The molecule has 3 aromatic heterocycles. The molecule has 214 valence electrons. The maximum absolute atomic E-state index is 13.8. The van der Waals surface area contributed by atoms with Crippen molar-refractivity contribution in [2.45, 2.75) is 18.9 Å². The van der Waals surface area contributed by atoms with Crippen LogP contribution in [0.3, 0.4) is 0 Å². The minimum absolute atomic E-state index is 0.263. The summed E-state index contributed by atoms with van der Waals surface area (Å²) in [4.78, 5) is 25.4. The number of aromatic nitrogens is 4. The zero-order chi connectivity index (χ0) is 28.3. The SMILES string of the molecule is CN(C)C1CCN(c2ccc(Nc3cc4c(N5CCOCC5)nc(Nc5ccc(F)c(F)c5)nc4cn3)nc2)CC1. The van der Waals surface area contributed by atoms with Gasteiger partial charge in [0.2, 0.25) is 5.95 Å². The number of morpholine rings is 1. The fourth-order valence-corrected chi connectivity index (χ4v) is 5.28. The first kappa shape index (κ1) is 27.0. The van der Waals surface area contributed by atoms with E-state index in [1.54, 1.807) is 6.20 Å². The highest BCUT2D eigenvalue weighted by Gasteiger charge is 2.21. The number of nitrogens with zero attached hydrogens (tertiary/aromatic N) is 7. The fraction of sp³-hybridized carbons (Fsp3) is 0.379. The Morgan fingerprint density at radius 3 is 2.32 bits per heavy atom. The second-order valence-electron chi connectivity index (χ2n) is 10.5. The van der Waals surface area contributed by atoms with Crippen LogP contribution in [0.15, 0.2) is 48.8 Å². The summed E-state index contributed by atoms with van der Waals surface area (Å²) in [6.45, 7) is 4.52. The smallest absolute Gasteiger partial charge is 0.229 e. The lowest BCUT2D eigenvalue weighted by molar-refractivity contribution is 0.122. The largest absolute Gasteiger partial charge is 0.378 e. The van der Waals surface area contributed by atoms with Crippen LogP contribution < -0.4 is 20.4 Å². The molecule has 10 nitrogen and oxygen atoms in total. The highest BCUT2D eigenvalue weighted by atomic mass is 19.2. The molecule has 0 saturated carbocycles. The lowest BCUT2D eigenvalue weighted by Gasteiger charge is -2.36. The number of halogens is 2. The Labute approximate surface area is 237 Å². The van der Waals surface area contributed by atoms with Crippen molar-refractivity contribution < 1.29 is 13.5 Å². The summed E-state index contributed by atoms with van der Waals surface area (Å²) in [7, 11) is 4.29. The van der Waals surface area contributed by atoms with Crippen molar-refractivity contribution in [1.29, 1.82) is 0 Å². The molecular weight excluding hydrogens is 528 g/mol. The van der Waals surface area contributed by atoms with Gasteiger partial charge in [-0.05, 0) is 57.3 Å². The lowest BCUT2D eigenvalue weighted by atomic mass is 10.0. The van der Waals surface area contributed by atoms with E-state index >= 15 is 0 Å². The molecular formula is C29H33F2N9O. The predicted octanol–water partition coefficient (Wildman–Crippen LogP) is 4.55. The number of piperidine rings is 1. The Bertz CT molecular complexity index is 1500. The van der Waals surface area contributed by atoms with Crippen LogP contribution in [0, 0.1) is 11.6 Å². The maximum Gasteiger partial charge on any atom is 0.229 e. The van der Waals surface area contributed by atoms with Crippen molar-refractivity contribution in [3.8, 4) is 0 Å². The van der Waals surface area contributed by atoms with E-state index in [-0.39, 0.29) is 5.95 Å². The normalized spacial score (nSPS) is 16.4. The number of anilines is 6. The topological polar surface area (TPSA) is 94.6 Å². The Morgan fingerprint density at radius 2 is 1.61 bits per heavy atom. The molecule has 0 radical (unpaired) electrons. The van der Waals surface area contributed by atoms with Crippen molar-refractivity contribution in [3.05, 3.63) is 60.4 Å². The van der Waals surface area contributed by atoms with Gasteiger partial charge in [0.1, 0.15) is 17.5 Å². The summed E-state index contributed by atoms with van der Waals surface area (Å²) in [6.07, 6.45) is 5.85. The minimum atomic E-state index is -0.947. The molecule has 41 heavy (non-hydrogen) atoms. The molecule has 5 heterocycles. The molecule has 2 aliphatic heterocycles. The van der Waals surface area contributed by atoms with Crippen LogP contribution in [0.5, 0.6) is 0 Å². The van der Waals surface area contributed by atoms with Crippen LogP contribution in [0.4, 0.5) is 43.6 Å². The number of benzene rings is 1. The van der Waals surface area contributed by atoms with Gasteiger partial charge in [0.05, 0.1) is 36.8 Å². The molecule has 2 N–H and O–H groups in total. The average Bonchev–Trinajstić information content (AvgIpc) is 3.00. The maximum atomic E-state index is 13.8. The number of ether oxygens (including phenoxy) is 1. The third-order valence-corrected chi connectivity index (χ3v) is 7.61. The summed E-state index contributed by atoms with van der Waals surface area (Å²) in [6, 6.07) is 10.2. The summed E-state index contributed by atoms with van der Waals surface area (Å²) in [5.74, 6) is 0.412. The van der Waals surface area contributed by atoms with Crippen molar-refractivity contribution in [3.63, 3.8) is 0 Å². The van der Waals surface area contributed by atoms with E-state index in [0.29, 0.717) is 61.0 Å². The third-order valence-electron chi connectivity index (χ3n) is 7.61. The first-order valence-electron chi connectivity index (χ1n) is 13.8. The highest BCUT2D eigenvalue weighted by molar-refractivity contribution is 5.92. The molecule has 6 rings (SSSR count). The molecule has 1 aromatic carbocycles. The summed E-state index contributed by atoms with van der Waals surface area (Å²) >= 11 is 0. The van der Waals surface area contributed by atoms with Crippen LogP contribution >= 0.6 is 0 Å². The molecule has 0 atom stereocenters. The number of hydrogen-bond donors (Lipinski definition) is 2. The van der Waals surface area contributed by atoms with E-state index < -0.39 is 11.6 Å². The Kier molecular flexibility index (Phi) is 7.75. The number of nitrogens with one attached hydrogen (secondary N) is 2. The summed E-state index contributed by atoms with van der Waals surface area (Å²) < 4.78 is 32.7. The summed E-state index contributed by atoms with van der Waals surface area (Å²) in [5.41, 5.74) is 2.07. The number of hydrogen-bond acceptors (Lipinski definition) is 10. The molecule has 2 aliphatic rings. The quantitative estimate of drug-likeness (QED) is 0.335. The van der Waals surface area contributed by atoms with Crippen molar-refractivity contribution in [2.24, 2.45) is 0 Å². The minimum Gasteiger partial charge on any atom is -0.378 e. The van der Waals surface area contributed by atoms with E-state index in [2.05, 4.69) is 60.4 Å². The van der Waals surface area contributed by atoms with Gasteiger partial charge in [-0.25, -0.2) is 23.7 Å². The second-order valence-corrected chi connectivity index (χ2v) is 10.5. The van der Waals surface area contributed by atoms with Crippen LogP contribution in [0.1, 0.15) is 12.8 Å². The zero-order valence-corrected chi connectivity index (χ0v) is 23.1. The molecule has 0 spiro atoms. The molecule has 2 saturated heterocycles. The average molecular weight is 562 g/mol. The van der Waals surface area contributed by atoms with Crippen LogP contribution in [-0.4, -0.2) is 84.4 Å². The molecule has 4 aromatic rings. The first-order valence-corrected chi connectivity index (χ1v) is 13.8.